The third kappa shape index (κ3) is 3.20. The van der Waals surface area contributed by atoms with Crippen molar-refractivity contribution in [1.82, 2.24) is 4.98 Å². The molecule has 108 valence electrons. The minimum atomic E-state index is -0.646. The highest BCUT2D eigenvalue weighted by Gasteiger charge is 2.23. The van der Waals surface area contributed by atoms with E-state index in [2.05, 4.69) is 18.0 Å². The molecule has 2 aromatic rings. The maximum Gasteiger partial charge on any atom is 0.323 e. The van der Waals surface area contributed by atoms with Crippen molar-refractivity contribution in [2.45, 2.75) is 45.8 Å². The fourth-order valence-corrected chi connectivity index (χ4v) is 2.31. The summed E-state index contributed by atoms with van der Waals surface area (Å²) in [5.74, 6) is -0.361. The number of H-pyrrole nitrogens is 1. The molecule has 0 aliphatic carbocycles. The predicted octanol–water partition coefficient (Wildman–Crippen LogP) is 2.69. The van der Waals surface area contributed by atoms with Gasteiger partial charge in [0.1, 0.15) is 11.6 Å². The van der Waals surface area contributed by atoms with Gasteiger partial charge < -0.3 is 15.5 Å². The van der Waals surface area contributed by atoms with E-state index in [1.807, 2.05) is 39.1 Å². The van der Waals surface area contributed by atoms with E-state index in [9.17, 15) is 4.79 Å². The van der Waals surface area contributed by atoms with Gasteiger partial charge in [-0.1, -0.05) is 12.1 Å². The SMILES string of the molecule is Cc1cccc2[nH]cc(CC(N)C(=O)OC(C)(C)C)c12. The molecular formula is C16H22N2O2. The highest BCUT2D eigenvalue weighted by atomic mass is 16.6. The van der Waals surface area contributed by atoms with Crippen LogP contribution in [0.5, 0.6) is 0 Å². The zero-order valence-corrected chi connectivity index (χ0v) is 12.5. The van der Waals surface area contributed by atoms with E-state index in [0.29, 0.717) is 6.42 Å². The monoisotopic (exact) mass is 274 g/mol. The molecule has 1 unspecified atom stereocenters. The van der Waals surface area contributed by atoms with E-state index >= 15 is 0 Å². The fraction of sp³-hybridized carbons (Fsp3) is 0.438. The molecule has 1 atom stereocenters. The number of hydrogen-bond donors (Lipinski definition) is 2. The highest BCUT2D eigenvalue weighted by molar-refractivity contribution is 5.87. The molecule has 2 rings (SSSR count). The first-order chi connectivity index (χ1) is 9.28. The Balaban J connectivity index is 2.18. The van der Waals surface area contributed by atoms with Gasteiger partial charge in [0.25, 0.3) is 0 Å². The number of aromatic nitrogens is 1. The predicted molar refractivity (Wildman–Crippen MR) is 80.6 cm³/mol. The average Bonchev–Trinajstić information content (AvgIpc) is 2.71. The van der Waals surface area contributed by atoms with Crippen LogP contribution in [0, 0.1) is 6.92 Å². The van der Waals surface area contributed by atoms with E-state index < -0.39 is 11.6 Å². The van der Waals surface area contributed by atoms with E-state index in [4.69, 9.17) is 10.5 Å². The summed E-state index contributed by atoms with van der Waals surface area (Å²) in [5, 5.41) is 1.14. The maximum atomic E-state index is 11.9. The van der Waals surface area contributed by atoms with Crippen molar-refractivity contribution < 1.29 is 9.53 Å². The van der Waals surface area contributed by atoms with Crippen molar-refractivity contribution in [3.8, 4) is 0 Å². The number of carbonyl (C=O) groups is 1. The zero-order chi connectivity index (χ0) is 14.9. The number of esters is 1. The fourth-order valence-electron chi connectivity index (χ4n) is 2.31. The summed E-state index contributed by atoms with van der Waals surface area (Å²) in [6.07, 6.45) is 2.39. The van der Waals surface area contributed by atoms with Gasteiger partial charge in [0.15, 0.2) is 0 Å². The number of aryl methyl sites for hydroxylation is 1. The summed E-state index contributed by atoms with van der Waals surface area (Å²) in [4.78, 5) is 15.2. The third-order valence-electron chi connectivity index (χ3n) is 3.15. The lowest BCUT2D eigenvalue weighted by Gasteiger charge is -2.22. The second-order valence-electron chi connectivity index (χ2n) is 6.16. The van der Waals surface area contributed by atoms with E-state index in [-0.39, 0.29) is 5.97 Å². The van der Waals surface area contributed by atoms with Gasteiger partial charge in [0, 0.05) is 23.5 Å². The second-order valence-corrected chi connectivity index (χ2v) is 6.16. The third-order valence-corrected chi connectivity index (χ3v) is 3.15. The molecule has 0 amide bonds. The van der Waals surface area contributed by atoms with E-state index in [0.717, 1.165) is 16.5 Å². The largest absolute Gasteiger partial charge is 0.459 e. The molecule has 20 heavy (non-hydrogen) atoms. The summed E-state index contributed by atoms with van der Waals surface area (Å²) in [5.41, 5.74) is 8.75. The van der Waals surface area contributed by atoms with Crippen LogP contribution in [0.4, 0.5) is 0 Å². The molecule has 0 aliphatic rings. The first-order valence-electron chi connectivity index (χ1n) is 6.82. The normalized spacial score (nSPS) is 13.4. The van der Waals surface area contributed by atoms with Gasteiger partial charge in [0.05, 0.1) is 0 Å². The Morgan fingerprint density at radius 2 is 2.10 bits per heavy atom. The van der Waals surface area contributed by atoms with Crippen LogP contribution in [-0.4, -0.2) is 22.6 Å². The van der Waals surface area contributed by atoms with E-state index in [1.165, 1.54) is 5.56 Å². The standard InChI is InChI=1S/C16H22N2O2/c1-10-6-5-7-13-14(10)11(9-18-13)8-12(17)15(19)20-16(2,3)4/h5-7,9,12,18H,8,17H2,1-4H3. The lowest BCUT2D eigenvalue weighted by Crippen LogP contribution is -2.38. The molecule has 0 saturated carbocycles. The lowest BCUT2D eigenvalue weighted by molar-refractivity contribution is -0.156. The Kier molecular flexibility index (Phi) is 3.86. The van der Waals surface area contributed by atoms with Crippen LogP contribution in [0.1, 0.15) is 31.9 Å². The number of nitrogens with two attached hydrogens (primary N) is 1. The molecule has 0 radical (unpaired) electrons. The molecule has 0 fully saturated rings. The molecule has 0 bridgehead atoms. The lowest BCUT2D eigenvalue weighted by atomic mass is 10.0. The second kappa shape index (κ2) is 5.29. The van der Waals surface area contributed by atoms with Crippen LogP contribution in [0.3, 0.4) is 0 Å². The molecule has 4 nitrogen and oxygen atoms in total. The summed E-state index contributed by atoms with van der Waals surface area (Å²) < 4.78 is 5.32. The van der Waals surface area contributed by atoms with Crippen LogP contribution in [0.25, 0.3) is 10.9 Å². The first kappa shape index (κ1) is 14.6. The first-order valence-corrected chi connectivity index (χ1v) is 6.82. The Morgan fingerprint density at radius 1 is 1.40 bits per heavy atom. The van der Waals surface area contributed by atoms with E-state index in [1.54, 1.807) is 0 Å². The number of hydrogen-bond acceptors (Lipinski definition) is 3. The van der Waals surface area contributed by atoms with Crippen molar-refractivity contribution in [2.75, 3.05) is 0 Å². The molecule has 3 N–H and O–H groups in total. The number of ether oxygens (including phenoxy) is 1. The number of nitrogens with one attached hydrogen (secondary N) is 1. The molecule has 0 aliphatic heterocycles. The topological polar surface area (TPSA) is 68.1 Å². The van der Waals surface area contributed by atoms with Gasteiger partial charge in [-0.05, 0) is 44.9 Å². The molecule has 1 aromatic carbocycles. The van der Waals surface area contributed by atoms with Gasteiger partial charge in [-0.15, -0.1) is 0 Å². The molecule has 1 heterocycles. The summed E-state index contributed by atoms with van der Waals surface area (Å²) >= 11 is 0. The molecule has 0 spiro atoms. The summed E-state index contributed by atoms with van der Waals surface area (Å²) in [7, 11) is 0. The molecule has 4 heteroatoms. The molecule has 1 aromatic heterocycles. The van der Waals surface area contributed by atoms with Gasteiger partial charge in [-0.25, -0.2) is 0 Å². The van der Waals surface area contributed by atoms with Crippen molar-refractivity contribution in [3.05, 3.63) is 35.5 Å². The smallest absolute Gasteiger partial charge is 0.323 e. The maximum absolute atomic E-state index is 11.9. The van der Waals surface area contributed by atoms with Crippen LogP contribution >= 0.6 is 0 Å². The summed E-state index contributed by atoms with van der Waals surface area (Å²) in [6, 6.07) is 5.43. The van der Waals surface area contributed by atoms with Gasteiger partial charge in [-0.2, -0.15) is 0 Å². The van der Waals surface area contributed by atoms with Crippen LogP contribution in [0.15, 0.2) is 24.4 Å². The molecule has 0 saturated heterocycles. The minimum Gasteiger partial charge on any atom is -0.459 e. The highest BCUT2D eigenvalue weighted by Crippen LogP contribution is 2.23. The van der Waals surface area contributed by atoms with Gasteiger partial charge >= 0.3 is 5.97 Å². The number of fused-ring (bicyclic) bond motifs is 1. The number of carbonyl (C=O) groups excluding carboxylic acids is 1. The number of rotatable bonds is 3. The van der Waals surface area contributed by atoms with Crippen LogP contribution < -0.4 is 5.73 Å². The van der Waals surface area contributed by atoms with Gasteiger partial charge in [0.2, 0.25) is 0 Å². The van der Waals surface area contributed by atoms with Crippen molar-refractivity contribution in [2.24, 2.45) is 5.73 Å². The average molecular weight is 274 g/mol. The number of benzene rings is 1. The number of aromatic amines is 1. The molecular weight excluding hydrogens is 252 g/mol. The van der Waals surface area contributed by atoms with Crippen molar-refractivity contribution in [1.29, 1.82) is 0 Å². The minimum absolute atomic E-state index is 0.361. The Labute approximate surface area is 119 Å². The summed E-state index contributed by atoms with van der Waals surface area (Å²) in [6.45, 7) is 7.58. The van der Waals surface area contributed by atoms with Crippen LogP contribution in [0.2, 0.25) is 0 Å². The van der Waals surface area contributed by atoms with Crippen LogP contribution in [-0.2, 0) is 16.0 Å². The Morgan fingerprint density at radius 3 is 2.75 bits per heavy atom. The Hall–Kier alpha value is -1.81. The Bertz CT molecular complexity index is 623. The zero-order valence-electron chi connectivity index (χ0n) is 12.5. The van der Waals surface area contributed by atoms with Crippen molar-refractivity contribution in [3.63, 3.8) is 0 Å². The van der Waals surface area contributed by atoms with Gasteiger partial charge in [-0.3, -0.25) is 4.79 Å². The van der Waals surface area contributed by atoms with Crippen molar-refractivity contribution >= 4 is 16.9 Å². The quantitative estimate of drug-likeness (QED) is 0.846.